The van der Waals surface area contributed by atoms with Crippen molar-refractivity contribution in [2.45, 2.75) is 50.4 Å². The third kappa shape index (κ3) is 5.21. The number of nitriles is 1. The van der Waals surface area contributed by atoms with E-state index >= 15 is 4.39 Å². The van der Waals surface area contributed by atoms with Gasteiger partial charge in [0.05, 0.1) is 23.8 Å². The largest absolute Gasteiger partial charge is 0.439 e. The number of allylic oxidation sites excluding steroid dienone is 4. The number of oxazole rings is 1. The molecule has 7 heteroatoms. The van der Waals surface area contributed by atoms with E-state index < -0.39 is 17.1 Å². The number of terminal acetylenes is 1. The molecule has 2 aliphatic rings. The highest BCUT2D eigenvalue weighted by Gasteiger charge is 2.38. The molecule has 2 heterocycles. The molecular weight excluding hydrogens is 503 g/mol. The number of carbonyl (C=O) groups excluding carboxylic acids is 1. The van der Waals surface area contributed by atoms with E-state index in [1.54, 1.807) is 41.4 Å². The van der Waals surface area contributed by atoms with Gasteiger partial charge in [-0.3, -0.25) is 4.79 Å². The van der Waals surface area contributed by atoms with Crippen molar-refractivity contribution < 1.29 is 13.6 Å². The molecule has 40 heavy (non-hydrogen) atoms. The van der Waals surface area contributed by atoms with Gasteiger partial charge in [0.1, 0.15) is 17.3 Å². The van der Waals surface area contributed by atoms with Crippen LogP contribution in [0.3, 0.4) is 0 Å². The lowest BCUT2D eigenvalue weighted by Crippen LogP contribution is -2.35. The normalized spacial score (nSPS) is 23.6. The van der Waals surface area contributed by atoms with Crippen molar-refractivity contribution in [3.8, 4) is 29.9 Å². The van der Waals surface area contributed by atoms with Gasteiger partial charge in [0.25, 0.3) is 5.91 Å². The van der Waals surface area contributed by atoms with Gasteiger partial charge in [-0.1, -0.05) is 48.4 Å². The molecule has 1 aliphatic heterocycles. The van der Waals surface area contributed by atoms with Crippen molar-refractivity contribution in [1.29, 1.82) is 5.26 Å². The van der Waals surface area contributed by atoms with E-state index in [9.17, 15) is 10.1 Å². The van der Waals surface area contributed by atoms with E-state index in [4.69, 9.17) is 16.6 Å². The monoisotopic (exact) mass is 534 g/mol. The molecule has 0 spiro atoms. The summed E-state index contributed by atoms with van der Waals surface area (Å²) in [6.07, 6.45) is 14.1. The molecule has 1 fully saturated rings. The minimum atomic E-state index is -1.86. The zero-order valence-corrected chi connectivity index (χ0v) is 22.6. The van der Waals surface area contributed by atoms with Gasteiger partial charge < -0.3 is 15.1 Å². The van der Waals surface area contributed by atoms with Crippen LogP contribution in [-0.4, -0.2) is 34.0 Å². The second kappa shape index (κ2) is 10.6. The van der Waals surface area contributed by atoms with Gasteiger partial charge in [-0.05, 0) is 74.1 Å². The maximum absolute atomic E-state index is 15.3. The molecule has 1 amide bonds. The van der Waals surface area contributed by atoms with Crippen molar-refractivity contribution >= 4 is 11.5 Å². The molecule has 1 aliphatic carbocycles. The Morgan fingerprint density at radius 2 is 2.05 bits per heavy atom. The molecule has 3 aromatic rings. The van der Waals surface area contributed by atoms with E-state index in [0.717, 1.165) is 18.4 Å². The van der Waals surface area contributed by atoms with Crippen molar-refractivity contribution in [2.24, 2.45) is 11.7 Å². The Balaban J connectivity index is 1.57. The van der Waals surface area contributed by atoms with Crippen LogP contribution in [0.4, 0.5) is 4.39 Å². The summed E-state index contributed by atoms with van der Waals surface area (Å²) in [5.74, 6) is 2.18. The van der Waals surface area contributed by atoms with Crippen LogP contribution in [0.25, 0.3) is 17.0 Å². The summed E-state index contributed by atoms with van der Waals surface area (Å²) in [6.45, 7) is 3.80. The first-order chi connectivity index (χ1) is 19.1. The van der Waals surface area contributed by atoms with Crippen molar-refractivity contribution in [2.75, 3.05) is 6.54 Å². The van der Waals surface area contributed by atoms with Crippen LogP contribution in [0.5, 0.6) is 0 Å². The average molecular weight is 535 g/mol. The topological polar surface area (TPSA) is 96.2 Å². The number of aromatic nitrogens is 1. The fraction of sp³-hybridized carbons (Fsp3) is 0.303. The number of nitrogens with two attached hydrogens (primary N) is 1. The maximum atomic E-state index is 15.3. The zero-order chi connectivity index (χ0) is 28.5. The Bertz CT molecular complexity index is 1570. The van der Waals surface area contributed by atoms with Crippen LogP contribution < -0.4 is 5.73 Å². The summed E-state index contributed by atoms with van der Waals surface area (Å²) in [5.41, 5.74) is 6.91. The van der Waals surface area contributed by atoms with Gasteiger partial charge in [0.15, 0.2) is 0 Å². The molecule has 2 aromatic carbocycles. The van der Waals surface area contributed by atoms with E-state index in [2.05, 4.69) is 17.0 Å². The lowest BCUT2D eigenvalue weighted by Gasteiger charge is -2.28. The van der Waals surface area contributed by atoms with Gasteiger partial charge in [0, 0.05) is 17.7 Å². The number of alkyl halides is 1. The molecule has 6 nitrogen and oxygen atoms in total. The second-order valence-electron chi connectivity index (χ2n) is 10.9. The SMILES string of the molecule is C#CC1CCCN1C(=O)c1cc(C2=CC=CC(C)(F)C2C#N)cc(-c2ncc([C@](C)(N)Cc3ccccc3)o2)c1. The molecule has 2 N–H and O–H groups in total. The molecule has 3 unspecified atom stereocenters. The first kappa shape index (κ1) is 27.1. The molecule has 1 aromatic heterocycles. The Kier molecular flexibility index (Phi) is 7.19. The number of carbonyl (C=O) groups is 1. The number of amides is 1. The molecule has 5 rings (SSSR count). The standard InChI is InChI=1S/C33H31FN4O2/c1-4-26-12-9-15-38(26)31(39)25-17-23(27-13-8-14-32(2,34)28(27)20-35)16-24(18-25)30-37-21-29(40-30)33(3,36)19-22-10-6-5-7-11-22/h1,5-8,10-11,13-14,16-18,21,26,28H,9,12,15,19,36H2,2-3H3/t26?,28?,32?,33-/m1/s1. The lowest BCUT2D eigenvalue weighted by molar-refractivity contribution is 0.0766. The summed E-state index contributed by atoms with van der Waals surface area (Å²) in [6, 6.07) is 16.8. The minimum Gasteiger partial charge on any atom is -0.439 e. The van der Waals surface area contributed by atoms with E-state index in [1.165, 1.54) is 13.0 Å². The zero-order valence-electron chi connectivity index (χ0n) is 22.6. The van der Waals surface area contributed by atoms with Crippen molar-refractivity contribution in [3.05, 3.63) is 95.4 Å². The number of rotatable bonds is 6. The van der Waals surface area contributed by atoms with E-state index in [-0.39, 0.29) is 17.8 Å². The van der Waals surface area contributed by atoms with Crippen molar-refractivity contribution in [3.63, 3.8) is 0 Å². The summed E-state index contributed by atoms with van der Waals surface area (Å²) in [5, 5.41) is 9.87. The highest BCUT2D eigenvalue weighted by atomic mass is 19.1. The highest BCUT2D eigenvalue weighted by molar-refractivity contribution is 5.97. The third-order valence-corrected chi connectivity index (χ3v) is 7.65. The Hall–Kier alpha value is -4.46. The maximum Gasteiger partial charge on any atom is 0.254 e. The molecule has 202 valence electrons. The van der Waals surface area contributed by atoms with Crippen LogP contribution in [0.1, 0.15) is 53.9 Å². The van der Waals surface area contributed by atoms with Gasteiger partial charge in [-0.25, -0.2) is 9.37 Å². The number of nitrogens with zero attached hydrogens (tertiary/aromatic N) is 3. The lowest BCUT2D eigenvalue weighted by atomic mass is 9.78. The Morgan fingerprint density at radius 3 is 2.77 bits per heavy atom. The number of benzene rings is 2. The van der Waals surface area contributed by atoms with Crippen LogP contribution >= 0.6 is 0 Å². The van der Waals surface area contributed by atoms with Crippen LogP contribution in [0.15, 0.2) is 77.4 Å². The average Bonchev–Trinajstić information content (AvgIpc) is 3.63. The molecule has 0 saturated carbocycles. The highest BCUT2D eigenvalue weighted by Crippen LogP contribution is 2.40. The number of hydrogen-bond acceptors (Lipinski definition) is 5. The van der Waals surface area contributed by atoms with E-state index in [1.807, 2.05) is 37.3 Å². The van der Waals surface area contributed by atoms with Crippen molar-refractivity contribution in [1.82, 2.24) is 9.88 Å². The van der Waals surface area contributed by atoms with Crippen LogP contribution in [-0.2, 0) is 12.0 Å². The molecule has 1 saturated heterocycles. The van der Waals surface area contributed by atoms with Gasteiger partial charge in [-0.15, -0.1) is 6.42 Å². The van der Waals surface area contributed by atoms with Crippen LogP contribution in [0, 0.1) is 29.6 Å². The third-order valence-electron chi connectivity index (χ3n) is 7.65. The van der Waals surface area contributed by atoms with Gasteiger partial charge >= 0.3 is 0 Å². The van der Waals surface area contributed by atoms with Crippen LogP contribution in [0.2, 0.25) is 0 Å². The van der Waals surface area contributed by atoms with E-state index in [0.29, 0.717) is 41.0 Å². The Labute approximate surface area is 234 Å². The Morgan fingerprint density at radius 1 is 1.30 bits per heavy atom. The van der Waals surface area contributed by atoms with Gasteiger partial charge in [-0.2, -0.15) is 5.26 Å². The quantitative estimate of drug-likeness (QED) is 0.402. The summed E-state index contributed by atoms with van der Waals surface area (Å²) in [4.78, 5) is 19.8. The number of halogens is 1. The first-order valence-corrected chi connectivity index (χ1v) is 13.3. The smallest absolute Gasteiger partial charge is 0.254 e. The molecular formula is C33H31FN4O2. The second-order valence-corrected chi connectivity index (χ2v) is 10.9. The fourth-order valence-electron chi connectivity index (χ4n) is 5.46. The number of hydrogen-bond donors (Lipinski definition) is 1. The predicted octanol–water partition coefficient (Wildman–Crippen LogP) is 5.82. The predicted molar refractivity (Wildman–Crippen MR) is 152 cm³/mol. The fourth-order valence-corrected chi connectivity index (χ4v) is 5.46. The van der Waals surface area contributed by atoms with Gasteiger partial charge in [0.2, 0.25) is 5.89 Å². The minimum absolute atomic E-state index is 0.230. The molecule has 0 radical (unpaired) electrons. The molecule has 4 atom stereocenters. The molecule has 0 bridgehead atoms. The summed E-state index contributed by atoms with van der Waals surface area (Å²) in [7, 11) is 0. The number of likely N-dealkylation sites (tertiary alicyclic amines) is 1. The summed E-state index contributed by atoms with van der Waals surface area (Å²) >= 11 is 0. The first-order valence-electron chi connectivity index (χ1n) is 13.3. The summed E-state index contributed by atoms with van der Waals surface area (Å²) < 4.78 is 21.5.